The summed E-state index contributed by atoms with van der Waals surface area (Å²) in [7, 11) is 0. The average Bonchev–Trinajstić information content (AvgIpc) is 3.07. The van der Waals surface area contributed by atoms with Gasteiger partial charge >= 0.3 is 12.1 Å². The lowest BCUT2D eigenvalue weighted by atomic mass is 9.91. The van der Waals surface area contributed by atoms with Gasteiger partial charge in [0.2, 0.25) is 0 Å². The molecule has 0 amide bonds. The Morgan fingerprint density at radius 3 is 2.39 bits per heavy atom. The van der Waals surface area contributed by atoms with Crippen LogP contribution in [0.1, 0.15) is 53.1 Å². The number of nitrogens with zero attached hydrogens (tertiary/aromatic N) is 2. The monoisotopic (exact) mass is 476 g/mol. The molecule has 0 aliphatic carbocycles. The molecule has 0 bridgehead atoms. The third-order valence-electron chi connectivity index (χ3n) is 4.36. The van der Waals surface area contributed by atoms with Crippen LogP contribution in [0.5, 0.6) is 0 Å². The van der Waals surface area contributed by atoms with Gasteiger partial charge in [0.05, 0.1) is 15.8 Å². The normalized spacial score (nSPS) is 12.3. The quantitative estimate of drug-likeness (QED) is 0.299. The van der Waals surface area contributed by atoms with E-state index in [2.05, 4.69) is 9.97 Å². The number of rotatable bonds is 7. The van der Waals surface area contributed by atoms with Crippen LogP contribution in [0.2, 0.25) is 0 Å². The van der Waals surface area contributed by atoms with Crippen LogP contribution in [-0.4, -0.2) is 21.0 Å². The van der Waals surface area contributed by atoms with Crippen LogP contribution in [0, 0.1) is 5.92 Å². The van der Waals surface area contributed by atoms with Gasteiger partial charge in [-0.05, 0) is 35.6 Å². The molecular weight excluding hydrogens is 459 g/mol. The number of pyridine rings is 1. The molecule has 2 heterocycles. The van der Waals surface area contributed by atoms with E-state index in [0.29, 0.717) is 9.86 Å². The molecule has 166 valence electrons. The maximum absolute atomic E-state index is 13.8. The molecule has 11 heteroatoms. The summed E-state index contributed by atoms with van der Waals surface area (Å²) < 4.78 is 69.5. The maximum Gasteiger partial charge on any atom is 0.433 e. The van der Waals surface area contributed by atoms with E-state index in [9.17, 15) is 31.9 Å². The summed E-state index contributed by atoms with van der Waals surface area (Å²) in [5.41, 5.74) is -3.65. The number of para-hydroxylation sites is 1. The number of carbonyl (C=O) groups is 1. The lowest BCUT2D eigenvalue weighted by Gasteiger charge is -2.21. The summed E-state index contributed by atoms with van der Waals surface area (Å²) in [6.07, 6.45) is -8.58. The summed E-state index contributed by atoms with van der Waals surface area (Å²) in [4.78, 5) is 19.2. The summed E-state index contributed by atoms with van der Waals surface area (Å²) in [6, 6.07) is 7.18. The third-order valence-corrected chi connectivity index (χ3v) is 6.56. The Balaban J connectivity index is 2.16. The predicted octanol–water partition coefficient (Wildman–Crippen LogP) is 6.84. The van der Waals surface area contributed by atoms with E-state index in [1.54, 1.807) is 26.0 Å². The van der Waals surface area contributed by atoms with Crippen molar-refractivity contribution in [2.24, 2.45) is 5.92 Å². The number of alkyl halides is 5. The Morgan fingerprint density at radius 1 is 1.16 bits per heavy atom. The van der Waals surface area contributed by atoms with Gasteiger partial charge in [-0.15, -0.1) is 11.3 Å². The molecule has 0 unspecified atom stereocenters. The zero-order chi connectivity index (χ0) is 22.9. The highest BCUT2D eigenvalue weighted by Crippen LogP contribution is 2.41. The molecule has 3 aromatic rings. The Bertz CT molecular complexity index is 1080. The van der Waals surface area contributed by atoms with Crippen molar-refractivity contribution in [3.63, 3.8) is 0 Å². The minimum Gasteiger partial charge on any atom is -0.478 e. The third kappa shape index (κ3) is 5.15. The van der Waals surface area contributed by atoms with Crippen molar-refractivity contribution < 1.29 is 31.9 Å². The first-order valence-corrected chi connectivity index (χ1v) is 10.9. The summed E-state index contributed by atoms with van der Waals surface area (Å²) in [5.74, 6) is -2.29. The Morgan fingerprint density at radius 2 is 1.84 bits per heavy atom. The molecule has 0 fully saturated rings. The molecule has 0 spiro atoms. The van der Waals surface area contributed by atoms with Crippen molar-refractivity contribution in [1.29, 1.82) is 0 Å². The second-order valence-corrected chi connectivity index (χ2v) is 9.37. The van der Waals surface area contributed by atoms with E-state index in [4.69, 9.17) is 0 Å². The first-order chi connectivity index (χ1) is 14.5. The van der Waals surface area contributed by atoms with Crippen LogP contribution in [0.25, 0.3) is 10.2 Å². The van der Waals surface area contributed by atoms with E-state index < -0.39 is 41.1 Å². The van der Waals surface area contributed by atoms with Crippen LogP contribution in [0.3, 0.4) is 0 Å². The van der Waals surface area contributed by atoms with Crippen molar-refractivity contribution in [1.82, 2.24) is 9.97 Å². The van der Waals surface area contributed by atoms with Crippen molar-refractivity contribution in [3.8, 4) is 0 Å². The summed E-state index contributed by atoms with van der Waals surface area (Å²) >= 11 is 2.27. The van der Waals surface area contributed by atoms with Crippen molar-refractivity contribution in [2.45, 2.75) is 43.0 Å². The van der Waals surface area contributed by atoms with Gasteiger partial charge in [-0.25, -0.2) is 23.5 Å². The first kappa shape index (κ1) is 23.4. The second kappa shape index (κ2) is 9.07. The topological polar surface area (TPSA) is 63.1 Å². The minimum atomic E-state index is -5.02. The molecule has 3 rings (SSSR count). The van der Waals surface area contributed by atoms with E-state index in [1.807, 2.05) is 12.1 Å². The number of thioether (sulfide) groups is 1. The smallest absolute Gasteiger partial charge is 0.433 e. The molecule has 0 aliphatic heterocycles. The highest BCUT2D eigenvalue weighted by molar-refractivity contribution is 8.00. The van der Waals surface area contributed by atoms with Gasteiger partial charge in [0.15, 0.2) is 4.34 Å². The molecular formula is C20H17F5N2O2S2. The molecule has 0 radical (unpaired) electrons. The van der Waals surface area contributed by atoms with Gasteiger partial charge in [-0.3, -0.25) is 0 Å². The molecule has 2 aromatic heterocycles. The molecule has 0 saturated heterocycles. The van der Waals surface area contributed by atoms with Crippen LogP contribution in [-0.2, 0) is 18.3 Å². The number of aromatic nitrogens is 2. The number of carboxylic acid groups (broad SMARTS) is 1. The fourth-order valence-corrected chi connectivity index (χ4v) is 5.28. The molecule has 31 heavy (non-hydrogen) atoms. The lowest BCUT2D eigenvalue weighted by Crippen LogP contribution is -2.21. The molecule has 1 N–H and O–H groups in total. The van der Waals surface area contributed by atoms with Crippen LogP contribution < -0.4 is 0 Å². The Kier molecular flexibility index (Phi) is 6.85. The van der Waals surface area contributed by atoms with Gasteiger partial charge in [0, 0.05) is 5.75 Å². The SMILES string of the molecule is CC(C)Cc1c(CSc2nc3ccccc3s2)c(C(F)(F)F)nc(C(F)F)c1C(=O)O. The Hall–Kier alpha value is -2.27. The summed E-state index contributed by atoms with van der Waals surface area (Å²) in [6.45, 7) is 3.34. The van der Waals surface area contributed by atoms with Crippen LogP contribution in [0.15, 0.2) is 28.6 Å². The number of carboxylic acids is 1. The fraction of sp³-hybridized carbons (Fsp3) is 0.350. The molecule has 0 atom stereocenters. The van der Waals surface area contributed by atoms with Crippen LogP contribution in [0.4, 0.5) is 22.0 Å². The highest BCUT2D eigenvalue weighted by atomic mass is 32.2. The Labute approximate surface area is 182 Å². The number of fused-ring (bicyclic) bond motifs is 1. The molecule has 0 aliphatic rings. The summed E-state index contributed by atoms with van der Waals surface area (Å²) in [5, 5.41) is 9.54. The van der Waals surface area contributed by atoms with E-state index in [0.717, 1.165) is 16.5 Å². The average molecular weight is 476 g/mol. The first-order valence-electron chi connectivity index (χ1n) is 9.11. The van der Waals surface area contributed by atoms with Gasteiger partial charge in [-0.1, -0.05) is 37.7 Å². The molecule has 0 saturated carbocycles. The molecule has 1 aromatic carbocycles. The van der Waals surface area contributed by atoms with Crippen molar-refractivity contribution in [3.05, 3.63) is 52.3 Å². The largest absolute Gasteiger partial charge is 0.478 e. The van der Waals surface area contributed by atoms with Crippen molar-refractivity contribution in [2.75, 3.05) is 0 Å². The van der Waals surface area contributed by atoms with E-state index >= 15 is 0 Å². The van der Waals surface area contributed by atoms with Gasteiger partial charge in [0.25, 0.3) is 6.43 Å². The number of hydrogen-bond acceptors (Lipinski definition) is 5. The lowest BCUT2D eigenvalue weighted by molar-refractivity contribution is -0.142. The number of halogens is 5. The predicted molar refractivity (Wildman–Crippen MR) is 109 cm³/mol. The number of benzene rings is 1. The van der Waals surface area contributed by atoms with Gasteiger partial charge in [-0.2, -0.15) is 13.2 Å². The van der Waals surface area contributed by atoms with Gasteiger partial charge in [0.1, 0.15) is 11.4 Å². The highest BCUT2D eigenvalue weighted by Gasteiger charge is 2.40. The maximum atomic E-state index is 13.8. The second-order valence-electron chi connectivity index (χ2n) is 7.12. The van der Waals surface area contributed by atoms with Gasteiger partial charge < -0.3 is 5.11 Å². The molecule has 4 nitrogen and oxygen atoms in total. The number of hydrogen-bond donors (Lipinski definition) is 1. The number of thiazole rings is 1. The van der Waals surface area contributed by atoms with Crippen LogP contribution >= 0.6 is 23.1 Å². The number of aromatic carboxylic acids is 1. The zero-order valence-electron chi connectivity index (χ0n) is 16.3. The van der Waals surface area contributed by atoms with E-state index in [1.165, 1.54) is 11.3 Å². The van der Waals surface area contributed by atoms with Crippen molar-refractivity contribution >= 4 is 39.3 Å². The fourth-order valence-electron chi connectivity index (χ4n) is 3.16. The zero-order valence-corrected chi connectivity index (χ0v) is 18.0. The van der Waals surface area contributed by atoms with E-state index in [-0.39, 0.29) is 23.7 Å². The minimum absolute atomic E-state index is 0.108. The standard InChI is InChI=1S/C20H17F5N2O2S2/c1-9(2)7-10-11(8-30-19-26-12-5-3-4-6-13(12)31-19)16(20(23,24)25)27-15(17(21)22)14(10)18(28)29/h3-6,9,17H,7-8H2,1-2H3,(H,28,29).